The maximum absolute atomic E-state index is 13.4. The van der Waals surface area contributed by atoms with Crippen LogP contribution >= 0.6 is 23.2 Å². The van der Waals surface area contributed by atoms with Gasteiger partial charge in [0, 0.05) is 28.7 Å². The number of carbonyl (C=O) groups excluding carboxylic acids is 2. The first-order valence-electron chi connectivity index (χ1n) is 10.4. The normalized spacial score (nSPS) is 11.8. The van der Waals surface area contributed by atoms with Crippen molar-refractivity contribution in [2.75, 3.05) is 13.7 Å². The van der Waals surface area contributed by atoms with Crippen LogP contribution in [-0.4, -0.2) is 36.4 Å². The molecule has 0 aliphatic rings. The van der Waals surface area contributed by atoms with Crippen LogP contribution in [0.3, 0.4) is 0 Å². The van der Waals surface area contributed by atoms with Gasteiger partial charge in [-0.3, -0.25) is 9.59 Å². The fourth-order valence-corrected chi connectivity index (χ4v) is 3.73. The zero-order valence-electron chi connectivity index (χ0n) is 18.5. The first-order chi connectivity index (χ1) is 14.8. The van der Waals surface area contributed by atoms with E-state index in [1.54, 1.807) is 30.2 Å². The highest BCUT2D eigenvalue weighted by atomic mass is 35.5. The summed E-state index contributed by atoms with van der Waals surface area (Å²) in [4.78, 5) is 27.9. The highest BCUT2D eigenvalue weighted by molar-refractivity contribution is 6.36. The fraction of sp³-hybridized carbons (Fsp3) is 0.417. The van der Waals surface area contributed by atoms with Crippen molar-refractivity contribution >= 4 is 35.0 Å². The summed E-state index contributed by atoms with van der Waals surface area (Å²) in [6.45, 7) is 6.64. The van der Waals surface area contributed by atoms with Gasteiger partial charge in [-0.05, 0) is 42.2 Å². The number of methoxy groups -OCH3 is 1. The minimum absolute atomic E-state index is 0.153. The maximum Gasteiger partial charge on any atom is 0.242 e. The zero-order chi connectivity index (χ0) is 23.0. The van der Waals surface area contributed by atoms with Crippen molar-refractivity contribution in [3.63, 3.8) is 0 Å². The van der Waals surface area contributed by atoms with Gasteiger partial charge in [0.05, 0.1) is 13.5 Å². The molecule has 1 N–H and O–H groups in total. The number of benzene rings is 2. The SMILES string of the molecule is CCC(C(=O)NCC(C)C)N(Cc1c(Cl)cccc1Cl)C(=O)Cc1ccc(OC)cc1. The Morgan fingerprint density at radius 1 is 1.06 bits per heavy atom. The number of carbonyl (C=O) groups is 2. The molecule has 0 fully saturated rings. The van der Waals surface area contributed by atoms with Gasteiger partial charge in [-0.25, -0.2) is 0 Å². The summed E-state index contributed by atoms with van der Waals surface area (Å²) < 4.78 is 5.18. The van der Waals surface area contributed by atoms with E-state index in [1.807, 2.05) is 45.0 Å². The smallest absolute Gasteiger partial charge is 0.242 e. The summed E-state index contributed by atoms with van der Waals surface area (Å²) in [6.07, 6.45) is 0.625. The van der Waals surface area contributed by atoms with Crippen molar-refractivity contribution in [3.8, 4) is 5.75 Å². The molecule has 2 aromatic rings. The molecule has 5 nitrogen and oxygen atoms in total. The van der Waals surface area contributed by atoms with Gasteiger partial charge in [0.15, 0.2) is 0 Å². The molecule has 1 atom stereocenters. The van der Waals surface area contributed by atoms with Gasteiger partial charge >= 0.3 is 0 Å². The highest BCUT2D eigenvalue weighted by Gasteiger charge is 2.29. The number of nitrogens with one attached hydrogen (secondary N) is 1. The van der Waals surface area contributed by atoms with Gasteiger partial charge in [0.25, 0.3) is 0 Å². The van der Waals surface area contributed by atoms with Crippen LogP contribution < -0.4 is 10.1 Å². The molecule has 31 heavy (non-hydrogen) atoms. The van der Waals surface area contributed by atoms with E-state index in [4.69, 9.17) is 27.9 Å². The molecule has 2 rings (SSSR count). The van der Waals surface area contributed by atoms with Crippen molar-refractivity contribution < 1.29 is 14.3 Å². The van der Waals surface area contributed by atoms with Gasteiger partial charge in [-0.2, -0.15) is 0 Å². The topological polar surface area (TPSA) is 58.6 Å². The first-order valence-corrected chi connectivity index (χ1v) is 11.1. The van der Waals surface area contributed by atoms with Crippen molar-refractivity contribution in [1.29, 1.82) is 0 Å². The molecule has 0 saturated carbocycles. The average molecular weight is 465 g/mol. The van der Waals surface area contributed by atoms with Crippen LogP contribution in [0.1, 0.15) is 38.3 Å². The van der Waals surface area contributed by atoms with Crippen LogP contribution in [0.5, 0.6) is 5.75 Å². The predicted molar refractivity (Wildman–Crippen MR) is 126 cm³/mol. The van der Waals surface area contributed by atoms with E-state index in [2.05, 4.69) is 5.32 Å². The molecule has 0 heterocycles. The Hall–Kier alpha value is -2.24. The summed E-state index contributed by atoms with van der Waals surface area (Å²) in [5.41, 5.74) is 1.46. The number of rotatable bonds is 10. The lowest BCUT2D eigenvalue weighted by Gasteiger charge is -2.31. The maximum atomic E-state index is 13.4. The molecule has 0 radical (unpaired) electrons. The van der Waals surface area contributed by atoms with Gasteiger partial charge in [-0.15, -0.1) is 0 Å². The second kappa shape index (κ2) is 12.0. The zero-order valence-corrected chi connectivity index (χ0v) is 20.0. The lowest BCUT2D eigenvalue weighted by Crippen LogP contribution is -2.50. The Morgan fingerprint density at radius 3 is 2.19 bits per heavy atom. The fourth-order valence-electron chi connectivity index (χ4n) is 3.22. The van der Waals surface area contributed by atoms with E-state index in [1.165, 1.54) is 0 Å². The quantitative estimate of drug-likeness (QED) is 0.530. The summed E-state index contributed by atoms with van der Waals surface area (Å²) in [5.74, 6) is 0.675. The predicted octanol–water partition coefficient (Wildman–Crippen LogP) is 5.12. The number of hydrogen-bond donors (Lipinski definition) is 1. The summed E-state index contributed by atoms with van der Waals surface area (Å²) >= 11 is 12.7. The van der Waals surface area contributed by atoms with Crippen LogP contribution in [0.4, 0.5) is 0 Å². The van der Waals surface area contributed by atoms with Crippen molar-refractivity contribution in [2.24, 2.45) is 5.92 Å². The molecule has 0 aliphatic carbocycles. The third-order valence-electron chi connectivity index (χ3n) is 4.98. The first kappa shape index (κ1) is 25.0. The molecule has 0 bridgehead atoms. The third kappa shape index (κ3) is 7.15. The molecular weight excluding hydrogens is 435 g/mol. The van der Waals surface area contributed by atoms with E-state index in [9.17, 15) is 9.59 Å². The molecular formula is C24H30Cl2N2O3. The van der Waals surface area contributed by atoms with Gasteiger partial charge in [0.1, 0.15) is 11.8 Å². The van der Waals surface area contributed by atoms with Crippen LogP contribution in [0.2, 0.25) is 10.0 Å². The van der Waals surface area contributed by atoms with Gasteiger partial charge < -0.3 is 15.0 Å². The number of amides is 2. The Kier molecular flexibility index (Phi) is 9.66. The van der Waals surface area contributed by atoms with Crippen LogP contribution in [0.25, 0.3) is 0 Å². The molecule has 7 heteroatoms. The summed E-state index contributed by atoms with van der Waals surface area (Å²) in [5, 5.41) is 3.88. The lowest BCUT2D eigenvalue weighted by atomic mass is 10.1. The van der Waals surface area contributed by atoms with E-state index in [-0.39, 0.29) is 24.8 Å². The monoisotopic (exact) mass is 464 g/mol. The standard InChI is InChI=1S/C24H30Cl2N2O3/c1-5-22(24(30)27-14-16(2)3)28(15-19-20(25)7-6-8-21(19)26)23(29)13-17-9-11-18(31-4)12-10-17/h6-12,16,22H,5,13-15H2,1-4H3,(H,27,30). The average Bonchev–Trinajstić information content (AvgIpc) is 2.74. The van der Waals surface area contributed by atoms with Crippen LogP contribution in [0, 0.1) is 5.92 Å². The Balaban J connectivity index is 2.32. The molecule has 0 spiro atoms. The Labute approximate surface area is 194 Å². The molecule has 2 aromatic carbocycles. The number of ether oxygens (including phenoxy) is 1. The van der Waals surface area contributed by atoms with E-state index in [0.717, 1.165) is 11.3 Å². The van der Waals surface area contributed by atoms with Gasteiger partial charge in [-0.1, -0.05) is 62.2 Å². The highest BCUT2D eigenvalue weighted by Crippen LogP contribution is 2.27. The number of nitrogens with zero attached hydrogens (tertiary/aromatic N) is 1. The van der Waals surface area contributed by atoms with Crippen molar-refractivity contribution in [1.82, 2.24) is 10.2 Å². The molecule has 1 unspecified atom stereocenters. The molecule has 168 valence electrons. The lowest BCUT2D eigenvalue weighted by molar-refractivity contribution is -0.141. The van der Waals surface area contributed by atoms with Gasteiger partial charge in [0.2, 0.25) is 11.8 Å². The van der Waals surface area contributed by atoms with Crippen molar-refractivity contribution in [3.05, 3.63) is 63.6 Å². The minimum Gasteiger partial charge on any atom is -0.497 e. The summed E-state index contributed by atoms with van der Waals surface area (Å²) in [7, 11) is 1.59. The second-order valence-electron chi connectivity index (χ2n) is 7.81. The van der Waals surface area contributed by atoms with Crippen LogP contribution in [0.15, 0.2) is 42.5 Å². The van der Waals surface area contributed by atoms with E-state index in [0.29, 0.717) is 34.5 Å². The second-order valence-corrected chi connectivity index (χ2v) is 8.62. The largest absolute Gasteiger partial charge is 0.497 e. The van der Waals surface area contributed by atoms with E-state index >= 15 is 0 Å². The molecule has 2 amide bonds. The Morgan fingerprint density at radius 2 is 1.68 bits per heavy atom. The molecule has 0 aromatic heterocycles. The Bertz CT molecular complexity index is 865. The minimum atomic E-state index is -0.628. The third-order valence-corrected chi connectivity index (χ3v) is 5.68. The molecule has 0 saturated heterocycles. The number of hydrogen-bond acceptors (Lipinski definition) is 3. The number of halogens is 2. The summed E-state index contributed by atoms with van der Waals surface area (Å²) in [6, 6.07) is 11.9. The van der Waals surface area contributed by atoms with Crippen molar-refractivity contribution in [2.45, 2.75) is 46.2 Å². The van der Waals surface area contributed by atoms with Crippen LogP contribution in [-0.2, 0) is 22.6 Å². The van der Waals surface area contributed by atoms with E-state index < -0.39 is 6.04 Å². The molecule has 0 aliphatic heterocycles.